The Morgan fingerprint density at radius 1 is 1.25 bits per heavy atom. The van der Waals surface area contributed by atoms with E-state index in [4.69, 9.17) is 0 Å². The molecule has 1 aliphatic rings. The van der Waals surface area contributed by atoms with Gasteiger partial charge in [0.15, 0.2) is 8.32 Å². The minimum atomic E-state index is -1.90. The number of hydrogen-bond donors (Lipinski definition) is 1. The highest BCUT2D eigenvalue weighted by Crippen LogP contribution is 2.34. The molecule has 0 aromatic rings. The van der Waals surface area contributed by atoms with E-state index in [-0.39, 0.29) is 5.92 Å². The van der Waals surface area contributed by atoms with Gasteiger partial charge in [0, 0.05) is 11.8 Å². The van der Waals surface area contributed by atoms with Gasteiger partial charge >= 0.3 is 0 Å². The van der Waals surface area contributed by atoms with Crippen molar-refractivity contribution in [3.05, 3.63) is 0 Å². The van der Waals surface area contributed by atoms with Crippen LogP contribution in [0, 0.1) is 17.8 Å². The lowest BCUT2D eigenvalue weighted by molar-refractivity contribution is -0.127. The number of carbonyl (C=O) groups is 1. The summed E-state index contributed by atoms with van der Waals surface area (Å²) in [7, 11) is -1.90. The van der Waals surface area contributed by atoms with Crippen LogP contribution in [0.2, 0.25) is 19.1 Å². The Kier molecular flexibility index (Phi) is 4.74. The molecule has 0 amide bonds. The van der Waals surface area contributed by atoms with E-state index < -0.39 is 8.32 Å². The van der Waals surface area contributed by atoms with Gasteiger partial charge in [0.05, 0.1) is 0 Å². The molecule has 94 valence electrons. The van der Waals surface area contributed by atoms with Gasteiger partial charge in [-0.05, 0) is 50.7 Å². The van der Waals surface area contributed by atoms with Crippen LogP contribution in [-0.4, -0.2) is 18.9 Å². The van der Waals surface area contributed by atoms with E-state index >= 15 is 0 Å². The molecule has 0 bridgehead atoms. The largest absolute Gasteiger partial charge is 0.432 e. The fourth-order valence-electron chi connectivity index (χ4n) is 2.83. The van der Waals surface area contributed by atoms with Gasteiger partial charge in [0.2, 0.25) is 0 Å². The Balaban J connectivity index is 2.37. The summed E-state index contributed by atoms with van der Waals surface area (Å²) in [5, 5.41) is 0. The predicted molar refractivity (Wildman–Crippen MR) is 69.8 cm³/mol. The molecule has 3 heteroatoms. The summed E-state index contributed by atoms with van der Waals surface area (Å²) in [4.78, 5) is 21.8. The molecule has 16 heavy (non-hydrogen) atoms. The van der Waals surface area contributed by atoms with Crippen molar-refractivity contribution < 1.29 is 9.59 Å². The van der Waals surface area contributed by atoms with Gasteiger partial charge in [-0.3, -0.25) is 4.79 Å². The van der Waals surface area contributed by atoms with E-state index in [2.05, 4.69) is 0 Å². The summed E-state index contributed by atoms with van der Waals surface area (Å²) in [5.41, 5.74) is 0. The number of ketones is 1. The minimum Gasteiger partial charge on any atom is -0.432 e. The molecule has 0 unspecified atom stereocenters. The molecule has 1 fully saturated rings. The van der Waals surface area contributed by atoms with Crippen LogP contribution in [-0.2, 0) is 4.79 Å². The van der Waals surface area contributed by atoms with Crippen LogP contribution >= 0.6 is 0 Å². The minimum absolute atomic E-state index is 0.185. The summed E-state index contributed by atoms with van der Waals surface area (Å²) in [6.07, 6.45) is 4.37. The lowest BCUT2D eigenvalue weighted by Gasteiger charge is -2.31. The smallest absolute Gasteiger partial charge is 0.182 e. The maximum atomic E-state index is 11.8. The van der Waals surface area contributed by atoms with Gasteiger partial charge in [0.25, 0.3) is 0 Å². The van der Waals surface area contributed by atoms with Gasteiger partial charge in [-0.1, -0.05) is 13.8 Å². The Morgan fingerprint density at radius 2 is 1.75 bits per heavy atom. The maximum Gasteiger partial charge on any atom is 0.182 e. The molecule has 0 heterocycles. The zero-order valence-electron chi connectivity index (χ0n) is 11.1. The molecule has 1 rings (SSSR count). The van der Waals surface area contributed by atoms with Crippen LogP contribution < -0.4 is 0 Å². The van der Waals surface area contributed by atoms with Crippen molar-refractivity contribution in [3.8, 4) is 0 Å². The quantitative estimate of drug-likeness (QED) is 0.769. The zero-order chi connectivity index (χ0) is 12.3. The van der Waals surface area contributed by atoms with E-state index in [1.807, 2.05) is 26.9 Å². The third-order valence-corrected chi connectivity index (χ3v) is 5.18. The van der Waals surface area contributed by atoms with Gasteiger partial charge in [-0.2, -0.15) is 0 Å². The summed E-state index contributed by atoms with van der Waals surface area (Å²) in [6.45, 7) is 8.02. The molecule has 0 aliphatic heterocycles. The molecule has 1 aliphatic carbocycles. The molecule has 0 atom stereocenters. The molecule has 1 N–H and O–H groups in total. The van der Waals surface area contributed by atoms with Gasteiger partial charge in [0.1, 0.15) is 5.78 Å². The van der Waals surface area contributed by atoms with Crippen LogP contribution in [0.4, 0.5) is 0 Å². The first-order chi connectivity index (χ1) is 7.29. The molecular weight excluding hydrogens is 216 g/mol. The molecule has 0 saturated heterocycles. The normalized spacial score (nSPS) is 27.1. The van der Waals surface area contributed by atoms with E-state index in [0.29, 0.717) is 17.6 Å². The van der Waals surface area contributed by atoms with E-state index in [0.717, 1.165) is 31.7 Å². The van der Waals surface area contributed by atoms with E-state index in [9.17, 15) is 9.59 Å². The number of hydrogen-bond acceptors (Lipinski definition) is 2. The lowest BCUT2D eigenvalue weighted by Crippen LogP contribution is -2.31. The van der Waals surface area contributed by atoms with E-state index in [1.165, 1.54) is 0 Å². The highest BCUT2D eigenvalue weighted by molar-refractivity contribution is 6.69. The van der Waals surface area contributed by atoms with Crippen molar-refractivity contribution in [2.24, 2.45) is 17.8 Å². The summed E-state index contributed by atoms with van der Waals surface area (Å²) in [5.74, 6) is 1.60. The SMILES string of the molecule is CC(C)C(=O)C1CCC(C[Si](C)(C)O)CC1. The maximum absolute atomic E-state index is 11.8. The first-order valence-corrected chi connectivity index (χ1v) is 9.71. The first-order valence-electron chi connectivity index (χ1n) is 6.55. The van der Waals surface area contributed by atoms with Crippen LogP contribution in [0.3, 0.4) is 0 Å². The average molecular weight is 242 g/mol. The van der Waals surface area contributed by atoms with E-state index in [1.54, 1.807) is 0 Å². The number of rotatable bonds is 4. The van der Waals surface area contributed by atoms with Crippen LogP contribution in [0.25, 0.3) is 0 Å². The Morgan fingerprint density at radius 3 is 2.12 bits per heavy atom. The summed E-state index contributed by atoms with van der Waals surface area (Å²) < 4.78 is 0. The van der Waals surface area contributed by atoms with Crippen LogP contribution in [0.5, 0.6) is 0 Å². The van der Waals surface area contributed by atoms with Crippen molar-refractivity contribution in [1.82, 2.24) is 0 Å². The van der Waals surface area contributed by atoms with Crippen LogP contribution in [0.15, 0.2) is 0 Å². The Hall–Kier alpha value is -0.153. The number of Topliss-reactive ketones (excluding diaryl/α,β-unsaturated/α-hetero) is 1. The van der Waals surface area contributed by atoms with Crippen molar-refractivity contribution >= 4 is 14.1 Å². The molecule has 0 aromatic heterocycles. The standard InChI is InChI=1S/C13H26O2Si/c1-10(2)13(14)12-7-5-11(6-8-12)9-16(3,4)15/h10-12,15H,5-9H2,1-4H3. The topological polar surface area (TPSA) is 37.3 Å². The Labute approximate surface area is 101 Å². The fraction of sp³-hybridized carbons (Fsp3) is 0.923. The fourth-order valence-corrected chi connectivity index (χ4v) is 4.65. The average Bonchev–Trinajstić information content (AvgIpc) is 2.15. The van der Waals surface area contributed by atoms with Crippen molar-refractivity contribution in [3.63, 3.8) is 0 Å². The second-order valence-electron chi connectivity index (χ2n) is 6.29. The molecule has 2 nitrogen and oxygen atoms in total. The van der Waals surface area contributed by atoms with Crippen LogP contribution in [0.1, 0.15) is 39.5 Å². The van der Waals surface area contributed by atoms with Crippen molar-refractivity contribution in [2.45, 2.75) is 58.7 Å². The summed E-state index contributed by atoms with van der Waals surface area (Å²) in [6, 6.07) is 1.01. The second kappa shape index (κ2) is 5.45. The monoisotopic (exact) mass is 242 g/mol. The summed E-state index contributed by atoms with van der Waals surface area (Å²) >= 11 is 0. The molecular formula is C13H26O2Si. The van der Waals surface area contributed by atoms with Gasteiger partial charge in [-0.25, -0.2) is 0 Å². The predicted octanol–water partition coefficient (Wildman–Crippen LogP) is 3.22. The van der Waals surface area contributed by atoms with Crippen molar-refractivity contribution in [1.29, 1.82) is 0 Å². The Bertz CT molecular complexity index is 235. The molecule has 0 aromatic carbocycles. The number of carbonyl (C=O) groups excluding carboxylic acids is 1. The molecule has 0 radical (unpaired) electrons. The molecule has 1 saturated carbocycles. The lowest BCUT2D eigenvalue weighted by atomic mass is 9.78. The van der Waals surface area contributed by atoms with Crippen molar-refractivity contribution in [2.75, 3.05) is 0 Å². The molecule has 0 spiro atoms. The second-order valence-corrected chi connectivity index (χ2v) is 10.3. The third-order valence-electron chi connectivity index (χ3n) is 3.61. The first kappa shape index (κ1) is 13.9. The zero-order valence-corrected chi connectivity index (χ0v) is 12.1. The van der Waals surface area contributed by atoms with Gasteiger partial charge < -0.3 is 4.80 Å². The highest BCUT2D eigenvalue weighted by Gasteiger charge is 2.30. The van der Waals surface area contributed by atoms with Gasteiger partial charge in [-0.15, -0.1) is 0 Å². The highest BCUT2D eigenvalue weighted by atomic mass is 28.4. The third kappa shape index (κ3) is 4.38.